The molecule has 3 N–H and O–H groups in total. The normalized spacial score (nSPS) is 11.8. The first-order valence-electron chi connectivity index (χ1n) is 10.4. The number of carbonyl (C=O) groups excluding carboxylic acids is 2. The van der Waals surface area contributed by atoms with Crippen molar-refractivity contribution in [3.05, 3.63) is 101 Å². The number of aromatic amines is 1. The monoisotopic (exact) mass is 429 g/mol. The topological polar surface area (TPSA) is 74.0 Å². The van der Waals surface area contributed by atoms with Crippen LogP contribution in [0.4, 0.5) is 10.1 Å². The van der Waals surface area contributed by atoms with Gasteiger partial charge in [-0.15, -0.1) is 0 Å². The van der Waals surface area contributed by atoms with E-state index >= 15 is 0 Å². The molecule has 162 valence electrons. The lowest BCUT2D eigenvalue weighted by Gasteiger charge is -2.16. The Balaban J connectivity index is 1.44. The molecule has 6 heteroatoms. The van der Waals surface area contributed by atoms with Gasteiger partial charge in [0.25, 0.3) is 5.91 Å². The summed E-state index contributed by atoms with van der Waals surface area (Å²) in [5.41, 5.74) is 4.53. The third kappa shape index (κ3) is 4.70. The fraction of sp³-hybridized carbons (Fsp3) is 0.154. The van der Waals surface area contributed by atoms with Gasteiger partial charge < -0.3 is 15.6 Å². The Labute approximate surface area is 185 Å². The number of nitrogens with one attached hydrogen (secondary N) is 3. The molecule has 0 spiro atoms. The minimum atomic E-state index is -0.333. The van der Waals surface area contributed by atoms with Crippen LogP contribution in [0.15, 0.2) is 72.8 Å². The third-order valence-corrected chi connectivity index (χ3v) is 5.48. The van der Waals surface area contributed by atoms with Gasteiger partial charge in [-0.3, -0.25) is 9.59 Å². The molecule has 2 amide bonds. The molecule has 0 aliphatic carbocycles. The van der Waals surface area contributed by atoms with Crippen LogP contribution in [0.25, 0.3) is 10.9 Å². The molecule has 1 aromatic heterocycles. The number of aryl methyl sites for hydroxylation is 1. The number of hydrogen-bond donors (Lipinski definition) is 3. The van der Waals surface area contributed by atoms with Crippen LogP contribution in [0.5, 0.6) is 0 Å². The molecule has 0 aliphatic rings. The van der Waals surface area contributed by atoms with Crippen molar-refractivity contribution in [1.82, 2.24) is 10.3 Å². The lowest BCUT2D eigenvalue weighted by molar-refractivity contribution is -0.121. The molecule has 32 heavy (non-hydrogen) atoms. The fourth-order valence-electron chi connectivity index (χ4n) is 3.80. The standard InChI is InChI=1S/C26H24FN3O2/c1-16(19-9-6-10-21(13-19)30-26(32)18-7-4-3-5-8-18)29-25(31)15-22-17(2)28-24-12-11-20(27)14-23(22)24/h3-14,16,28H,15H2,1-2H3,(H,29,31)(H,30,32)/t16-/m0/s1. The minimum Gasteiger partial charge on any atom is -0.358 e. The van der Waals surface area contributed by atoms with Crippen LogP contribution in [0, 0.1) is 12.7 Å². The summed E-state index contributed by atoms with van der Waals surface area (Å²) in [4.78, 5) is 28.3. The second-order valence-corrected chi connectivity index (χ2v) is 7.83. The highest BCUT2D eigenvalue weighted by atomic mass is 19.1. The lowest BCUT2D eigenvalue weighted by atomic mass is 10.0. The lowest BCUT2D eigenvalue weighted by Crippen LogP contribution is -2.28. The molecule has 4 rings (SSSR count). The Hall–Kier alpha value is -3.93. The maximum atomic E-state index is 13.7. The van der Waals surface area contributed by atoms with E-state index in [1.54, 1.807) is 18.2 Å². The van der Waals surface area contributed by atoms with Crippen LogP contribution >= 0.6 is 0 Å². The second kappa shape index (κ2) is 9.06. The summed E-state index contributed by atoms with van der Waals surface area (Å²) in [5, 5.41) is 6.60. The third-order valence-electron chi connectivity index (χ3n) is 5.48. The Kier molecular flexibility index (Phi) is 6.03. The highest BCUT2D eigenvalue weighted by Gasteiger charge is 2.16. The predicted octanol–water partition coefficient (Wildman–Crippen LogP) is 5.29. The van der Waals surface area contributed by atoms with Crippen molar-refractivity contribution in [2.45, 2.75) is 26.3 Å². The number of halogens is 1. The zero-order valence-electron chi connectivity index (χ0n) is 17.9. The Morgan fingerprint density at radius 1 is 1.00 bits per heavy atom. The molecule has 0 saturated carbocycles. The Morgan fingerprint density at radius 2 is 1.78 bits per heavy atom. The molecule has 0 bridgehead atoms. The van der Waals surface area contributed by atoms with E-state index in [0.717, 1.165) is 27.7 Å². The van der Waals surface area contributed by atoms with Crippen LogP contribution < -0.4 is 10.6 Å². The van der Waals surface area contributed by atoms with Gasteiger partial charge in [-0.05, 0) is 67.4 Å². The van der Waals surface area contributed by atoms with Crippen molar-refractivity contribution in [3.63, 3.8) is 0 Å². The maximum Gasteiger partial charge on any atom is 0.255 e. The van der Waals surface area contributed by atoms with Gasteiger partial charge in [0.1, 0.15) is 5.82 Å². The van der Waals surface area contributed by atoms with Gasteiger partial charge in [0.15, 0.2) is 0 Å². The number of carbonyl (C=O) groups is 2. The number of rotatable bonds is 6. The highest BCUT2D eigenvalue weighted by Crippen LogP contribution is 2.24. The summed E-state index contributed by atoms with van der Waals surface area (Å²) in [5.74, 6) is -0.688. The quantitative estimate of drug-likeness (QED) is 0.390. The first-order valence-corrected chi connectivity index (χ1v) is 10.4. The number of amides is 2. The molecule has 3 aromatic carbocycles. The molecule has 0 fully saturated rings. The SMILES string of the molecule is Cc1[nH]c2ccc(F)cc2c1CC(=O)N[C@@H](C)c1cccc(NC(=O)c2ccccc2)c1. The molecule has 4 aromatic rings. The van der Waals surface area contributed by atoms with Gasteiger partial charge in [-0.25, -0.2) is 4.39 Å². The van der Waals surface area contributed by atoms with Gasteiger partial charge in [-0.2, -0.15) is 0 Å². The number of fused-ring (bicyclic) bond motifs is 1. The van der Waals surface area contributed by atoms with E-state index in [-0.39, 0.29) is 30.1 Å². The summed E-state index contributed by atoms with van der Waals surface area (Å²) >= 11 is 0. The first kappa shape index (κ1) is 21.3. The average molecular weight is 429 g/mol. The van der Waals surface area contributed by atoms with Crippen molar-refractivity contribution >= 4 is 28.4 Å². The van der Waals surface area contributed by atoms with Gasteiger partial charge in [0, 0.05) is 27.8 Å². The molecule has 5 nitrogen and oxygen atoms in total. The van der Waals surface area contributed by atoms with E-state index in [4.69, 9.17) is 0 Å². The van der Waals surface area contributed by atoms with Crippen LogP contribution in [-0.2, 0) is 11.2 Å². The van der Waals surface area contributed by atoms with Crippen LogP contribution in [0.3, 0.4) is 0 Å². The van der Waals surface area contributed by atoms with Crippen molar-refractivity contribution in [2.24, 2.45) is 0 Å². The number of H-pyrrole nitrogens is 1. The van der Waals surface area contributed by atoms with E-state index in [1.165, 1.54) is 12.1 Å². The smallest absolute Gasteiger partial charge is 0.255 e. The van der Waals surface area contributed by atoms with E-state index < -0.39 is 0 Å². The molecule has 0 unspecified atom stereocenters. The van der Waals surface area contributed by atoms with Gasteiger partial charge in [0.05, 0.1) is 12.5 Å². The van der Waals surface area contributed by atoms with Crippen molar-refractivity contribution in [1.29, 1.82) is 0 Å². The molecular weight excluding hydrogens is 405 g/mol. The zero-order valence-corrected chi connectivity index (χ0v) is 17.9. The first-order chi connectivity index (χ1) is 15.4. The van der Waals surface area contributed by atoms with Crippen LogP contribution in [-0.4, -0.2) is 16.8 Å². The molecule has 1 atom stereocenters. The number of hydrogen-bond acceptors (Lipinski definition) is 2. The predicted molar refractivity (Wildman–Crippen MR) is 124 cm³/mol. The largest absolute Gasteiger partial charge is 0.358 e. The van der Waals surface area contributed by atoms with E-state index in [2.05, 4.69) is 15.6 Å². The van der Waals surface area contributed by atoms with Gasteiger partial charge in [-0.1, -0.05) is 30.3 Å². The Morgan fingerprint density at radius 3 is 2.56 bits per heavy atom. The average Bonchev–Trinajstić information content (AvgIpc) is 3.08. The summed E-state index contributed by atoms with van der Waals surface area (Å²) in [6.07, 6.45) is 0.143. The highest BCUT2D eigenvalue weighted by molar-refractivity contribution is 6.04. The van der Waals surface area contributed by atoms with Crippen molar-refractivity contribution in [2.75, 3.05) is 5.32 Å². The number of benzene rings is 3. The zero-order chi connectivity index (χ0) is 22.7. The van der Waals surface area contributed by atoms with Gasteiger partial charge in [0.2, 0.25) is 5.91 Å². The molecule has 0 aliphatic heterocycles. The van der Waals surface area contributed by atoms with Gasteiger partial charge >= 0.3 is 0 Å². The second-order valence-electron chi connectivity index (χ2n) is 7.83. The summed E-state index contributed by atoms with van der Waals surface area (Å²) in [7, 11) is 0. The van der Waals surface area contributed by atoms with Crippen molar-refractivity contribution < 1.29 is 14.0 Å². The summed E-state index contributed by atoms with van der Waals surface area (Å²) in [6.45, 7) is 3.76. The number of aromatic nitrogens is 1. The van der Waals surface area contributed by atoms with Crippen LogP contribution in [0.1, 0.15) is 40.1 Å². The Bertz CT molecular complexity index is 1280. The maximum absolute atomic E-state index is 13.7. The summed E-state index contributed by atoms with van der Waals surface area (Å²) in [6, 6.07) is 20.6. The van der Waals surface area contributed by atoms with E-state index in [0.29, 0.717) is 11.3 Å². The summed E-state index contributed by atoms with van der Waals surface area (Å²) < 4.78 is 13.7. The van der Waals surface area contributed by atoms with E-state index in [1.807, 2.05) is 56.3 Å². The number of anilines is 1. The van der Waals surface area contributed by atoms with E-state index in [9.17, 15) is 14.0 Å². The van der Waals surface area contributed by atoms with Crippen LogP contribution in [0.2, 0.25) is 0 Å². The minimum absolute atomic E-state index is 0.143. The molecular formula is C26H24FN3O2. The fourth-order valence-corrected chi connectivity index (χ4v) is 3.80. The molecule has 1 heterocycles. The molecule has 0 saturated heterocycles. The molecule has 0 radical (unpaired) electrons. The van der Waals surface area contributed by atoms with Crippen molar-refractivity contribution in [3.8, 4) is 0 Å².